The van der Waals surface area contributed by atoms with E-state index in [1.807, 2.05) is 13.8 Å². The molecule has 6 nitrogen and oxygen atoms in total. The van der Waals surface area contributed by atoms with Gasteiger partial charge in [-0.3, -0.25) is 0 Å². The number of hydrogen-bond donors (Lipinski definition) is 1. The Bertz CT molecular complexity index is 301. The fraction of sp³-hybridized carbons (Fsp3) is 0.500. The largest absolute Gasteiger partial charge is 0.390 e. The highest BCUT2D eigenvalue weighted by atomic mass is 16.5. The predicted octanol–water partition coefficient (Wildman–Crippen LogP) is -0.240. The van der Waals surface area contributed by atoms with Gasteiger partial charge in [0.1, 0.15) is 18.7 Å². The number of nitrogens with zero attached hydrogens (tertiary/aromatic N) is 3. The van der Waals surface area contributed by atoms with Gasteiger partial charge in [0.25, 0.3) is 0 Å². The molecule has 0 aliphatic heterocycles. The SMILES string of the molecule is CC(C)[C@H](N)C(=O)Oc1ncncn1. The van der Waals surface area contributed by atoms with Crippen LogP contribution >= 0.6 is 0 Å². The van der Waals surface area contributed by atoms with Crippen molar-refractivity contribution in [2.45, 2.75) is 19.9 Å². The van der Waals surface area contributed by atoms with Crippen LogP contribution in [0.2, 0.25) is 0 Å². The highest BCUT2D eigenvalue weighted by molar-refractivity contribution is 5.77. The molecule has 0 unspecified atom stereocenters. The number of esters is 1. The fourth-order valence-corrected chi connectivity index (χ4v) is 0.711. The molecule has 0 fully saturated rings. The minimum atomic E-state index is -0.660. The van der Waals surface area contributed by atoms with Crippen molar-refractivity contribution in [1.29, 1.82) is 0 Å². The summed E-state index contributed by atoms with van der Waals surface area (Å²) in [6, 6.07) is -0.687. The molecule has 0 radical (unpaired) electrons. The van der Waals surface area contributed by atoms with Gasteiger partial charge in [-0.1, -0.05) is 13.8 Å². The van der Waals surface area contributed by atoms with Gasteiger partial charge in [0.05, 0.1) is 0 Å². The second kappa shape index (κ2) is 4.61. The van der Waals surface area contributed by atoms with E-state index < -0.39 is 12.0 Å². The van der Waals surface area contributed by atoms with Crippen molar-refractivity contribution in [2.75, 3.05) is 0 Å². The maximum atomic E-state index is 11.3. The zero-order chi connectivity index (χ0) is 10.6. The smallest absolute Gasteiger partial charge is 0.330 e. The Hall–Kier alpha value is -1.56. The molecule has 6 heteroatoms. The van der Waals surface area contributed by atoms with Gasteiger partial charge < -0.3 is 10.5 Å². The normalized spacial score (nSPS) is 12.6. The topological polar surface area (TPSA) is 91.0 Å². The summed E-state index contributed by atoms with van der Waals surface area (Å²) in [5.74, 6) is -0.518. The molecule has 76 valence electrons. The van der Waals surface area contributed by atoms with E-state index in [-0.39, 0.29) is 11.9 Å². The molecule has 1 heterocycles. The lowest BCUT2D eigenvalue weighted by molar-refractivity contribution is -0.137. The van der Waals surface area contributed by atoms with Crippen LogP contribution in [0, 0.1) is 5.92 Å². The van der Waals surface area contributed by atoms with Crippen LogP contribution in [0.4, 0.5) is 0 Å². The predicted molar refractivity (Wildman–Crippen MR) is 48.3 cm³/mol. The third-order valence-electron chi connectivity index (χ3n) is 1.65. The molecule has 0 saturated heterocycles. The monoisotopic (exact) mass is 196 g/mol. The number of carbonyl (C=O) groups excluding carboxylic acids is 1. The zero-order valence-corrected chi connectivity index (χ0v) is 8.04. The average Bonchev–Trinajstić information content (AvgIpc) is 2.18. The first-order chi connectivity index (χ1) is 6.61. The number of rotatable bonds is 3. The molecule has 0 saturated carbocycles. The van der Waals surface area contributed by atoms with Crippen molar-refractivity contribution < 1.29 is 9.53 Å². The minimum Gasteiger partial charge on any atom is -0.390 e. The molecule has 0 spiro atoms. The Morgan fingerprint density at radius 1 is 1.43 bits per heavy atom. The third kappa shape index (κ3) is 2.74. The van der Waals surface area contributed by atoms with E-state index in [0.29, 0.717) is 0 Å². The lowest BCUT2D eigenvalue weighted by Crippen LogP contribution is -2.38. The van der Waals surface area contributed by atoms with E-state index >= 15 is 0 Å². The van der Waals surface area contributed by atoms with Crippen LogP contribution in [-0.4, -0.2) is 27.0 Å². The van der Waals surface area contributed by atoms with E-state index in [9.17, 15) is 4.79 Å². The lowest BCUT2D eigenvalue weighted by atomic mass is 10.1. The number of aromatic nitrogens is 3. The van der Waals surface area contributed by atoms with Crippen molar-refractivity contribution in [1.82, 2.24) is 15.0 Å². The molecular weight excluding hydrogens is 184 g/mol. The van der Waals surface area contributed by atoms with Gasteiger partial charge in [0.2, 0.25) is 0 Å². The summed E-state index contributed by atoms with van der Waals surface area (Å²) >= 11 is 0. The van der Waals surface area contributed by atoms with Gasteiger partial charge in [-0.2, -0.15) is 9.97 Å². The summed E-state index contributed by atoms with van der Waals surface area (Å²) in [6.45, 7) is 3.67. The second-order valence-electron chi connectivity index (χ2n) is 3.11. The summed E-state index contributed by atoms with van der Waals surface area (Å²) in [6.07, 6.45) is 2.49. The first-order valence-electron chi connectivity index (χ1n) is 4.20. The van der Waals surface area contributed by atoms with Crippen LogP contribution < -0.4 is 10.5 Å². The number of hydrogen-bond acceptors (Lipinski definition) is 6. The number of ether oxygens (including phenoxy) is 1. The van der Waals surface area contributed by atoms with Crippen molar-refractivity contribution in [3.63, 3.8) is 0 Å². The molecule has 0 aromatic carbocycles. The third-order valence-corrected chi connectivity index (χ3v) is 1.65. The van der Waals surface area contributed by atoms with Gasteiger partial charge in [-0.15, -0.1) is 0 Å². The summed E-state index contributed by atoms with van der Waals surface area (Å²) in [4.78, 5) is 22.2. The summed E-state index contributed by atoms with van der Waals surface area (Å²) in [5, 5.41) is 0. The maximum absolute atomic E-state index is 11.3. The Morgan fingerprint density at radius 3 is 2.50 bits per heavy atom. The Balaban J connectivity index is 2.58. The summed E-state index contributed by atoms with van der Waals surface area (Å²) < 4.78 is 4.81. The van der Waals surface area contributed by atoms with Crippen LogP contribution in [0.1, 0.15) is 13.8 Å². The number of nitrogens with two attached hydrogens (primary N) is 1. The maximum Gasteiger partial charge on any atom is 0.330 e. The first kappa shape index (κ1) is 10.5. The molecule has 1 atom stereocenters. The van der Waals surface area contributed by atoms with Crippen LogP contribution in [-0.2, 0) is 4.79 Å². The molecule has 1 rings (SSSR count). The lowest BCUT2D eigenvalue weighted by Gasteiger charge is -2.12. The standard InChI is InChI=1S/C8H12N4O2/c1-5(2)6(9)7(13)14-8-11-3-10-4-12-8/h3-6H,9H2,1-2H3/t6-/m0/s1. The molecule has 2 N–H and O–H groups in total. The van der Waals surface area contributed by atoms with Gasteiger partial charge in [0.15, 0.2) is 0 Å². The van der Waals surface area contributed by atoms with Crippen molar-refractivity contribution in [3.8, 4) is 6.01 Å². The van der Waals surface area contributed by atoms with E-state index in [1.165, 1.54) is 12.7 Å². The highest BCUT2D eigenvalue weighted by Gasteiger charge is 2.20. The zero-order valence-electron chi connectivity index (χ0n) is 8.04. The molecule has 1 aromatic heterocycles. The molecule has 0 aliphatic carbocycles. The van der Waals surface area contributed by atoms with Gasteiger partial charge in [0, 0.05) is 0 Å². The molecular formula is C8H12N4O2. The summed E-state index contributed by atoms with van der Waals surface area (Å²) in [7, 11) is 0. The first-order valence-corrected chi connectivity index (χ1v) is 4.20. The van der Waals surface area contributed by atoms with Crippen LogP contribution in [0.5, 0.6) is 6.01 Å². The van der Waals surface area contributed by atoms with E-state index in [4.69, 9.17) is 10.5 Å². The quantitative estimate of drug-likeness (QED) is 0.671. The van der Waals surface area contributed by atoms with Crippen LogP contribution in [0.3, 0.4) is 0 Å². The van der Waals surface area contributed by atoms with E-state index in [2.05, 4.69) is 15.0 Å². The number of carbonyl (C=O) groups is 1. The van der Waals surface area contributed by atoms with Crippen LogP contribution in [0.25, 0.3) is 0 Å². The van der Waals surface area contributed by atoms with Crippen molar-refractivity contribution in [3.05, 3.63) is 12.7 Å². The van der Waals surface area contributed by atoms with Crippen molar-refractivity contribution in [2.24, 2.45) is 11.7 Å². The Labute approximate surface area is 81.5 Å². The Kier molecular flexibility index (Phi) is 3.47. The average molecular weight is 196 g/mol. The van der Waals surface area contributed by atoms with Gasteiger partial charge >= 0.3 is 12.0 Å². The summed E-state index contributed by atoms with van der Waals surface area (Å²) in [5.41, 5.74) is 5.56. The molecule has 0 amide bonds. The second-order valence-corrected chi connectivity index (χ2v) is 3.11. The molecule has 0 bridgehead atoms. The Morgan fingerprint density at radius 2 is 2.00 bits per heavy atom. The molecule has 14 heavy (non-hydrogen) atoms. The molecule has 1 aromatic rings. The highest BCUT2D eigenvalue weighted by Crippen LogP contribution is 2.03. The minimum absolute atomic E-state index is 0.0179. The van der Waals surface area contributed by atoms with E-state index in [1.54, 1.807) is 0 Å². The van der Waals surface area contributed by atoms with Crippen LogP contribution in [0.15, 0.2) is 12.7 Å². The van der Waals surface area contributed by atoms with Gasteiger partial charge in [-0.25, -0.2) is 9.78 Å². The van der Waals surface area contributed by atoms with E-state index in [0.717, 1.165) is 0 Å². The van der Waals surface area contributed by atoms with Crippen molar-refractivity contribution >= 4 is 5.97 Å². The van der Waals surface area contributed by atoms with Gasteiger partial charge in [-0.05, 0) is 5.92 Å². The fourth-order valence-electron chi connectivity index (χ4n) is 0.711. The molecule has 0 aliphatic rings.